The van der Waals surface area contributed by atoms with E-state index in [4.69, 9.17) is 4.74 Å². The molecule has 1 N–H and O–H groups in total. The van der Waals surface area contributed by atoms with E-state index < -0.39 is 6.04 Å². The molecular weight excluding hydrogens is 378 g/mol. The minimum absolute atomic E-state index is 0.0948. The Morgan fingerprint density at radius 1 is 1.07 bits per heavy atom. The molecule has 1 heterocycles. The summed E-state index contributed by atoms with van der Waals surface area (Å²) in [6, 6.07) is 7.41. The van der Waals surface area contributed by atoms with Gasteiger partial charge < -0.3 is 10.1 Å². The first-order valence-corrected chi connectivity index (χ1v) is 10.6. The third-order valence-electron chi connectivity index (χ3n) is 4.96. The monoisotopic (exact) mass is 413 g/mol. The van der Waals surface area contributed by atoms with E-state index in [0.29, 0.717) is 5.92 Å². The highest BCUT2D eigenvalue weighted by atomic mass is 16.5. The predicted molar refractivity (Wildman–Crippen MR) is 118 cm³/mol. The van der Waals surface area contributed by atoms with Gasteiger partial charge in [-0.05, 0) is 46.1 Å². The van der Waals surface area contributed by atoms with Crippen LogP contribution in [-0.2, 0) is 27.3 Å². The molecule has 0 saturated heterocycles. The molecule has 30 heavy (non-hydrogen) atoms. The zero-order valence-electron chi connectivity index (χ0n) is 19.3. The molecule has 0 aliphatic rings. The number of nitrogens with zero attached hydrogens (tertiary/aromatic N) is 2. The Hall–Kier alpha value is -2.63. The molecule has 1 aromatic carbocycles. The van der Waals surface area contributed by atoms with Gasteiger partial charge in [-0.2, -0.15) is 5.10 Å². The van der Waals surface area contributed by atoms with Gasteiger partial charge in [-0.3, -0.25) is 14.3 Å². The summed E-state index contributed by atoms with van der Waals surface area (Å²) in [4.78, 5) is 25.2. The lowest BCUT2D eigenvalue weighted by molar-refractivity contribution is -0.148. The largest absolute Gasteiger partial charge is 0.463 e. The second-order valence-corrected chi connectivity index (χ2v) is 8.68. The summed E-state index contributed by atoms with van der Waals surface area (Å²) in [6.45, 7) is 14.7. The Labute approximate surface area is 180 Å². The number of aromatic nitrogens is 2. The Balaban J connectivity index is 2.17. The number of nitrogens with one attached hydrogen (secondary N) is 1. The van der Waals surface area contributed by atoms with Crippen molar-refractivity contribution in [3.05, 3.63) is 52.3 Å². The highest BCUT2D eigenvalue weighted by Crippen LogP contribution is 2.20. The van der Waals surface area contributed by atoms with Gasteiger partial charge in [0.15, 0.2) is 0 Å². The number of benzene rings is 1. The van der Waals surface area contributed by atoms with Crippen LogP contribution in [0.15, 0.2) is 24.3 Å². The lowest BCUT2D eigenvalue weighted by Gasteiger charge is -2.20. The third kappa shape index (κ3) is 6.71. The van der Waals surface area contributed by atoms with Crippen LogP contribution in [0.1, 0.15) is 68.2 Å². The first-order valence-electron chi connectivity index (χ1n) is 10.6. The summed E-state index contributed by atoms with van der Waals surface area (Å²) in [5, 5.41) is 7.63. The molecule has 2 aromatic rings. The third-order valence-corrected chi connectivity index (χ3v) is 4.96. The van der Waals surface area contributed by atoms with Crippen molar-refractivity contribution in [3.8, 4) is 0 Å². The van der Waals surface area contributed by atoms with Gasteiger partial charge >= 0.3 is 5.97 Å². The van der Waals surface area contributed by atoms with Crippen molar-refractivity contribution in [2.24, 2.45) is 5.92 Å². The zero-order valence-corrected chi connectivity index (χ0v) is 19.3. The minimum atomic E-state index is -0.435. The van der Waals surface area contributed by atoms with Gasteiger partial charge in [0, 0.05) is 17.8 Å². The van der Waals surface area contributed by atoms with Crippen LogP contribution in [0.2, 0.25) is 0 Å². The first-order chi connectivity index (χ1) is 14.1. The van der Waals surface area contributed by atoms with E-state index >= 15 is 0 Å². The topological polar surface area (TPSA) is 73.2 Å². The molecular formula is C24H35N3O3. The van der Waals surface area contributed by atoms with Crippen molar-refractivity contribution < 1.29 is 14.3 Å². The summed E-state index contributed by atoms with van der Waals surface area (Å²) in [7, 11) is 0. The quantitative estimate of drug-likeness (QED) is 0.625. The van der Waals surface area contributed by atoms with Crippen molar-refractivity contribution in [1.82, 2.24) is 15.1 Å². The van der Waals surface area contributed by atoms with Crippen molar-refractivity contribution in [2.75, 3.05) is 0 Å². The van der Waals surface area contributed by atoms with Gasteiger partial charge in [-0.1, -0.05) is 43.7 Å². The molecule has 0 radical (unpaired) electrons. The highest BCUT2D eigenvalue weighted by Gasteiger charge is 2.22. The SMILES string of the molecule is Cc1ccc(C(CC(=O)OC(C)C)NC(=O)Cc2c(C)nn(CC(C)C)c2C)cc1. The molecule has 1 amide bonds. The second-order valence-electron chi connectivity index (χ2n) is 8.68. The van der Waals surface area contributed by atoms with E-state index in [0.717, 1.165) is 34.6 Å². The van der Waals surface area contributed by atoms with Gasteiger partial charge in [0.05, 0.1) is 30.7 Å². The van der Waals surface area contributed by atoms with E-state index in [1.807, 2.05) is 63.6 Å². The van der Waals surface area contributed by atoms with Crippen LogP contribution in [0.5, 0.6) is 0 Å². The van der Waals surface area contributed by atoms with Gasteiger partial charge in [0.2, 0.25) is 5.91 Å². The Bertz CT molecular complexity index is 867. The Morgan fingerprint density at radius 3 is 2.27 bits per heavy atom. The number of carbonyl (C=O) groups is 2. The average molecular weight is 414 g/mol. The number of amides is 1. The molecule has 1 aromatic heterocycles. The number of rotatable bonds is 9. The molecule has 0 aliphatic carbocycles. The molecule has 0 aliphatic heterocycles. The van der Waals surface area contributed by atoms with Gasteiger partial charge in [0.25, 0.3) is 0 Å². The van der Waals surface area contributed by atoms with Crippen LogP contribution in [-0.4, -0.2) is 27.8 Å². The molecule has 6 nitrogen and oxygen atoms in total. The summed E-state index contributed by atoms with van der Waals surface area (Å²) < 4.78 is 7.27. The molecule has 164 valence electrons. The van der Waals surface area contributed by atoms with Crippen molar-refractivity contribution in [3.63, 3.8) is 0 Å². The maximum atomic E-state index is 12.9. The Morgan fingerprint density at radius 2 is 1.70 bits per heavy atom. The number of hydrogen-bond acceptors (Lipinski definition) is 4. The average Bonchev–Trinajstić information content (AvgIpc) is 2.88. The number of esters is 1. The maximum absolute atomic E-state index is 12.9. The van der Waals surface area contributed by atoms with Gasteiger partial charge in [-0.15, -0.1) is 0 Å². The smallest absolute Gasteiger partial charge is 0.308 e. The second kappa shape index (κ2) is 10.4. The van der Waals surface area contributed by atoms with E-state index in [1.54, 1.807) is 0 Å². The fraction of sp³-hybridized carbons (Fsp3) is 0.542. The van der Waals surface area contributed by atoms with E-state index in [9.17, 15) is 9.59 Å². The molecule has 0 fully saturated rings. The number of ether oxygens (including phenoxy) is 1. The molecule has 6 heteroatoms. The molecule has 0 saturated carbocycles. The fourth-order valence-corrected chi connectivity index (χ4v) is 3.45. The fourth-order valence-electron chi connectivity index (χ4n) is 3.45. The zero-order chi connectivity index (χ0) is 22.4. The Kier molecular flexibility index (Phi) is 8.21. The van der Waals surface area contributed by atoms with E-state index in [-0.39, 0.29) is 30.8 Å². The normalized spacial score (nSPS) is 12.3. The lowest BCUT2D eigenvalue weighted by Crippen LogP contribution is -2.32. The van der Waals surface area contributed by atoms with Crippen molar-refractivity contribution >= 4 is 11.9 Å². The van der Waals surface area contributed by atoms with Crippen molar-refractivity contribution in [2.45, 2.75) is 80.0 Å². The summed E-state index contributed by atoms with van der Waals surface area (Å²) >= 11 is 0. The minimum Gasteiger partial charge on any atom is -0.463 e. The molecule has 0 spiro atoms. The van der Waals surface area contributed by atoms with Gasteiger partial charge in [0.1, 0.15) is 0 Å². The maximum Gasteiger partial charge on any atom is 0.308 e. The number of hydrogen-bond donors (Lipinski definition) is 1. The molecule has 1 atom stereocenters. The van der Waals surface area contributed by atoms with E-state index in [1.165, 1.54) is 0 Å². The van der Waals surface area contributed by atoms with Crippen LogP contribution in [0.25, 0.3) is 0 Å². The van der Waals surface area contributed by atoms with Crippen LogP contribution in [0.4, 0.5) is 0 Å². The molecule has 2 rings (SSSR count). The summed E-state index contributed by atoms with van der Waals surface area (Å²) in [6.07, 6.45) is 0.138. The first kappa shape index (κ1) is 23.6. The van der Waals surface area contributed by atoms with Crippen LogP contribution in [0, 0.1) is 26.7 Å². The molecule has 0 bridgehead atoms. The molecule has 1 unspecified atom stereocenters. The highest BCUT2D eigenvalue weighted by molar-refractivity contribution is 5.80. The van der Waals surface area contributed by atoms with Crippen LogP contribution >= 0.6 is 0 Å². The lowest BCUT2D eigenvalue weighted by atomic mass is 10.0. The predicted octanol–water partition coefficient (Wildman–Crippen LogP) is 4.21. The standard InChI is InChI=1S/C24H35N3O3/c1-15(2)14-27-19(7)21(18(6)26-27)12-23(28)25-22(13-24(29)30-16(3)4)20-10-8-17(5)9-11-20/h8-11,15-16,22H,12-14H2,1-7H3,(H,25,28). The summed E-state index contributed by atoms with van der Waals surface area (Å²) in [5.41, 5.74) is 4.84. The van der Waals surface area contributed by atoms with Crippen molar-refractivity contribution in [1.29, 1.82) is 0 Å². The number of carbonyl (C=O) groups excluding carboxylic acids is 2. The van der Waals surface area contributed by atoms with E-state index in [2.05, 4.69) is 24.3 Å². The van der Waals surface area contributed by atoms with Gasteiger partial charge in [-0.25, -0.2) is 0 Å². The van der Waals surface area contributed by atoms with Crippen LogP contribution in [0.3, 0.4) is 0 Å². The van der Waals surface area contributed by atoms with Crippen LogP contribution < -0.4 is 5.32 Å². The summed E-state index contributed by atoms with van der Waals surface area (Å²) in [5.74, 6) is 0.0174. The number of aryl methyl sites for hydroxylation is 2.